The molecule has 1 heterocycles. The first kappa shape index (κ1) is 14.5. The summed E-state index contributed by atoms with van der Waals surface area (Å²) in [5, 5.41) is 2.60. The molecule has 1 aliphatic rings. The predicted octanol–water partition coefficient (Wildman–Crippen LogP) is 1.29. The quantitative estimate of drug-likeness (QED) is 0.822. The number of ether oxygens (including phenoxy) is 2. The molecule has 6 heteroatoms. The highest BCUT2D eigenvalue weighted by Gasteiger charge is 2.23. The van der Waals surface area contributed by atoms with Gasteiger partial charge < -0.3 is 14.8 Å². The first-order valence-corrected chi connectivity index (χ1v) is 5.95. The molecule has 1 N–H and O–H groups in total. The van der Waals surface area contributed by atoms with Gasteiger partial charge in [0.1, 0.15) is 5.60 Å². The Morgan fingerprint density at radius 1 is 1.50 bits per heavy atom. The Bertz CT molecular complexity index is 358. The van der Waals surface area contributed by atoms with Crippen molar-refractivity contribution >= 4 is 17.8 Å². The standard InChI is InChI=1S/C12H20N2O4/c1-8(15)9-7-14-10(17-9)5-6-13-11(16)18-12(2,3)4/h9H,5-7H2,1-4H3,(H,13,16). The summed E-state index contributed by atoms with van der Waals surface area (Å²) < 4.78 is 10.4. The van der Waals surface area contributed by atoms with Gasteiger partial charge in [-0.25, -0.2) is 4.79 Å². The van der Waals surface area contributed by atoms with Crippen LogP contribution in [0.15, 0.2) is 4.99 Å². The smallest absolute Gasteiger partial charge is 0.407 e. The van der Waals surface area contributed by atoms with Crippen molar-refractivity contribution in [1.29, 1.82) is 0 Å². The number of carbonyl (C=O) groups excluding carboxylic acids is 2. The number of hydrogen-bond donors (Lipinski definition) is 1. The van der Waals surface area contributed by atoms with Crippen molar-refractivity contribution in [2.45, 2.75) is 45.8 Å². The van der Waals surface area contributed by atoms with Gasteiger partial charge in [-0.2, -0.15) is 0 Å². The van der Waals surface area contributed by atoms with Gasteiger partial charge >= 0.3 is 6.09 Å². The van der Waals surface area contributed by atoms with Gasteiger partial charge in [-0.1, -0.05) is 0 Å². The number of carbonyl (C=O) groups is 2. The third kappa shape index (κ3) is 5.16. The highest BCUT2D eigenvalue weighted by Crippen LogP contribution is 2.08. The van der Waals surface area contributed by atoms with Crippen LogP contribution in [0.3, 0.4) is 0 Å². The molecule has 0 saturated carbocycles. The topological polar surface area (TPSA) is 77.0 Å². The van der Waals surface area contributed by atoms with Gasteiger partial charge in [0.25, 0.3) is 0 Å². The van der Waals surface area contributed by atoms with Gasteiger partial charge in [0.05, 0.1) is 6.54 Å². The Kier molecular flexibility index (Phi) is 4.69. The number of rotatable bonds is 4. The van der Waals surface area contributed by atoms with Crippen LogP contribution in [0.5, 0.6) is 0 Å². The third-order valence-electron chi connectivity index (χ3n) is 2.17. The normalized spacial score (nSPS) is 18.9. The van der Waals surface area contributed by atoms with Gasteiger partial charge in [-0.3, -0.25) is 9.79 Å². The lowest BCUT2D eigenvalue weighted by Crippen LogP contribution is -2.33. The monoisotopic (exact) mass is 256 g/mol. The van der Waals surface area contributed by atoms with Crippen LogP contribution in [0.1, 0.15) is 34.1 Å². The summed E-state index contributed by atoms with van der Waals surface area (Å²) >= 11 is 0. The van der Waals surface area contributed by atoms with Crippen molar-refractivity contribution in [3.05, 3.63) is 0 Å². The van der Waals surface area contributed by atoms with Crippen molar-refractivity contribution in [1.82, 2.24) is 5.32 Å². The van der Waals surface area contributed by atoms with E-state index in [9.17, 15) is 9.59 Å². The van der Waals surface area contributed by atoms with E-state index in [0.29, 0.717) is 25.4 Å². The summed E-state index contributed by atoms with van der Waals surface area (Å²) in [6.07, 6.45) is -0.464. The minimum absolute atomic E-state index is 0.0335. The minimum Gasteiger partial charge on any atom is -0.468 e. The van der Waals surface area contributed by atoms with Gasteiger partial charge in [0.2, 0.25) is 0 Å². The molecule has 0 bridgehead atoms. The molecule has 0 fully saturated rings. The average molecular weight is 256 g/mol. The highest BCUT2D eigenvalue weighted by atomic mass is 16.6. The number of nitrogens with zero attached hydrogens (tertiary/aromatic N) is 1. The van der Waals surface area contributed by atoms with E-state index in [4.69, 9.17) is 9.47 Å². The van der Waals surface area contributed by atoms with E-state index in [1.165, 1.54) is 6.92 Å². The molecule has 0 aliphatic carbocycles. The zero-order valence-corrected chi connectivity index (χ0v) is 11.3. The van der Waals surface area contributed by atoms with Crippen molar-refractivity contribution in [2.75, 3.05) is 13.1 Å². The Labute approximate surface area is 107 Å². The van der Waals surface area contributed by atoms with Gasteiger partial charge in [-0.15, -0.1) is 0 Å². The second-order valence-electron chi connectivity index (χ2n) is 5.13. The molecule has 0 aromatic rings. The van der Waals surface area contributed by atoms with E-state index in [0.717, 1.165) is 0 Å². The van der Waals surface area contributed by atoms with E-state index in [2.05, 4.69) is 10.3 Å². The van der Waals surface area contributed by atoms with Crippen molar-refractivity contribution in [3.8, 4) is 0 Å². The zero-order chi connectivity index (χ0) is 13.8. The molecule has 102 valence electrons. The molecule has 0 spiro atoms. The maximum absolute atomic E-state index is 11.3. The maximum atomic E-state index is 11.3. The van der Waals surface area contributed by atoms with Crippen LogP contribution >= 0.6 is 0 Å². The van der Waals surface area contributed by atoms with Gasteiger partial charge in [-0.05, 0) is 27.7 Å². The zero-order valence-electron chi connectivity index (χ0n) is 11.3. The van der Waals surface area contributed by atoms with E-state index in [1.807, 2.05) is 0 Å². The summed E-state index contributed by atoms with van der Waals surface area (Å²) in [6, 6.07) is 0. The van der Waals surface area contributed by atoms with Gasteiger partial charge in [0, 0.05) is 13.0 Å². The fourth-order valence-corrected chi connectivity index (χ4v) is 1.36. The molecule has 0 aromatic heterocycles. The molecule has 0 saturated heterocycles. The fourth-order valence-electron chi connectivity index (χ4n) is 1.36. The minimum atomic E-state index is -0.509. The summed E-state index contributed by atoms with van der Waals surface area (Å²) in [7, 11) is 0. The average Bonchev–Trinajstić information content (AvgIpc) is 2.63. The lowest BCUT2D eigenvalue weighted by molar-refractivity contribution is -0.123. The summed E-state index contributed by atoms with van der Waals surface area (Å²) in [5.41, 5.74) is -0.509. The fraction of sp³-hybridized carbons (Fsp3) is 0.750. The Balaban J connectivity index is 2.20. The lowest BCUT2D eigenvalue weighted by atomic mass is 10.2. The van der Waals surface area contributed by atoms with Crippen LogP contribution in [-0.4, -0.2) is 42.6 Å². The second kappa shape index (κ2) is 5.84. The second-order valence-corrected chi connectivity index (χ2v) is 5.13. The number of alkyl carbamates (subject to hydrolysis) is 1. The van der Waals surface area contributed by atoms with Gasteiger partial charge in [0.15, 0.2) is 17.8 Å². The molecule has 18 heavy (non-hydrogen) atoms. The third-order valence-corrected chi connectivity index (χ3v) is 2.17. The molecule has 0 radical (unpaired) electrons. The van der Waals surface area contributed by atoms with Crippen LogP contribution < -0.4 is 5.32 Å². The van der Waals surface area contributed by atoms with Crippen molar-refractivity contribution in [2.24, 2.45) is 4.99 Å². The largest absolute Gasteiger partial charge is 0.468 e. The SMILES string of the molecule is CC(=O)C1CN=C(CCNC(=O)OC(C)(C)C)O1. The summed E-state index contributed by atoms with van der Waals surface area (Å²) in [4.78, 5) is 26.5. The molecular weight excluding hydrogens is 236 g/mol. The summed E-state index contributed by atoms with van der Waals surface area (Å²) in [6.45, 7) is 7.62. The number of hydrogen-bond acceptors (Lipinski definition) is 5. The molecule has 6 nitrogen and oxygen atoms in total. The number of aliphatic imine (C=N–C) groups is 1. The van der Waals surface area contributed by atoms with E-state index in [1.54, 1.807) is 20.8 Å². The molecule has 1 amide bonds. The molecule has 0 aromatic carbocycles. The van der Waals surface area contributed by atoms with E-state index in [-0.39, 0.29) is 5.78 Å². The number of ketones is 1. The summed E-state index contributed by atoms with van der Waals surface area (Å²) in [5.74, 6) is 0.472. The number of amides is 1. The van der Waals surface area contributed by atoms with Crippen LogP contribution in [0.2, 0.25) is 0 Å². The van der Waals surface area contributed by atoms with Crippen molar-refractivity contribution in [3.63, 3.8) is 0 Å². The highest BCUT2D eigenvalue weighted by molar-refractivity contribution is 5.88. The Morgan fingerprint density at radius 3 is 2.67 bits per heavy atom. The number of nitrogens with one attached hydrogen (secondary N) is 1. The molecule has 1 aliphatic heterocycles. The van der Waals surface area contributed by atoms with Crippen LogP contribution in [0.4, 0.5) is 4.79 Å². The van der Waals surface area contributed by atoms with Crippen LogP contribution in [0, 0.1) is 0 Å². The number of Topliss-reactive ketones (excluding diaryl/α,β-unsaturated/α-hetero) is 1. The van der Waals surface area contributed by atoms with E-state index < -0.39 is 17.8 Å². The maximum Gasteiger partial charge on any atom is 0.407 e. The molecule has 1 rings (SSSR count). The predicted molar refractivity (Wildman–Crippen MR) is 66.7 cm³/mol. The Morgan fingerprint density at radius 2 is 2.17 bits per heavy atom. The molecule has 1 unspecified atom stereocenters. The first-order valence-electron chi connectivity index (χ1n) is 5.95. The lowest BCUT2D eigenvalue weighted by Gasteiger charge is -2.19. The first-order chi connectivity index (χ1) is 8.28. The van der Waals surface area contributed by atoms with Crippen LogP contribution in [0.25, 0.3) is 0 Å². The van der Waals surface area contributed by atoms with Crippen LogP contribution in [-0.2, 0) is 14.3 Å². The Hall–Kier alpha value is -1.59. The molecular formula is C12H20N2O4. The molecule has 1 atom stereocenters. The van der Waals surface area contributed by atoms with Crippen molar-refractivity contribution < 1.29 is 19.1 Å². The van der Waals surface area contributed by atoms with E-state index >= 15 is 0 Å².